The van der Waals surface area contributed by atoms with E-state index in [1.165, 1.54) is 12.5 Å². The number of carboxylic acids is 1. The molecule has 0 bridgehead atoms. The summed E-state index contributed by atoms with van der Waals surface area (Å²) in [4.78, 5) is 50.2. The number of alkyl carbamates (subject to hydrolysis) is 1. The van der Waals surface area contributed by atoms with Gasteiger partial charge in [0.05, 0.1) is 35.8 Å². The van der Waals surface area contributed by atoms with Crippen molar-refractivity contribution in [3.63, 3.8) is 0 Å². The van der Waals surface area contributed by atoms with Crippen LogP contribution in [0, 0.1) is 17.5 Å². The number of thiophene rings is 1. The summed E-state index contributed by atoms with van der Waals surface area (Å²) in [5, 5.41) is 12.7. The first-order valence-corrected chi connectivity index (χ1v) is 11.8. The van der Waals surface area contributed by atoms with Gasteiger partial charge in [0.25, 0.3) is 5.56 Å². The number of carbonyl (C=O) groups is 2. The summed E-state index contributed by atoms with van der Waals surface area (Å²) in [6.45, 7) is -0.732. The molecule has 2 aromatic heterocycles. The number of H-pyrrole nitrogens is 1. The van der Waals surface area contributed by atoms with Crippen molar-refractivity contribution in [3.05, 3.63) is 84.4 Å². The summed E-state index contributed by atoms with van der Waals surface area (Å²) in [5.74, 6) is -5.11. The molecule has 15 heteroatoms. The van der Waals surface area contributed by atoms with Gasteiger partial charge < -0.3 is 29.6 Å². The summed E-state index contributed by atoms with van der Waals surface area (Å²) >= 11 is 0.718. The lowest BCUT2D eigenvalue weighted by Gasteiger charge is -2.15. The maximum Gasteiger partial charge on any atom is 0.406 e. The highest BCUT2D eigenvalue weighted by atomic mass is 32.1. The van der Waals surface area contributed by atoms with Crippen LogP contribution in [0.15, 0.2) is 45.3 Å². The molecule has 0 aliphatic rings. The fourth-order valence-corrected chi connectivity index (χ4v) is 4.38. The van der Waals surface area contributed by atoms with Crippen LogP contribution in [-0.4, -0.2) is 47.0 Å². The van der Waals surface area contributed by atoms with E-state index in [0.717, 1.165) is 41.7 Å². The molecule has 0 aliphatic carbocycles. The molecule has 11 nitrogen and oxygen atoms in total. The van der Waals surface area contributed by atoms with Gasteiger partial charge >= 0.3 is 17.8 Å². The van der Waals surface area contributed by atoms with Crippen molar-refractivity contribution in [2.75, 3.05) is 20.3 Å². The fraction of sp³-hybridized carbons (Fsp3) is 0.167. The molecule has 0 aliphatic heterocycles. The fourth-order valence-electron chi connectivity index (χ4n) is 3.55. The quantitative estimate of drug-likeness (QED) is 0.262. The molecule has 0 spiro atoms. The third-order valence-electron chi connectivity index (χ3n) is 5.36. The maximum absolute atomic E-state index is 14.8. The first-order chi connectivity index (χ1) is 18.6. The average molecular weight is 565 g/mol. The van der Waals surface area contributed by atoms with Crippen molar-refractivity contribution >= 4 is 34.3 Å². The molecule has 2 heterocycles. The van der Waals surface area contributed by atoms with Gasteiger partial charge in [-0.3, -0.25) is 4.79 Å². The standard InChI is InChI=1S/C24H18F3N3O8S/c1-36-24(35)28-6-7-37-17-5-4-14(26)19(27)12(17)9-38-11-2-3-13(25)16(8-11)30-21(31)18-15(29-23(30)34)10-39-20(18)22(32)33/h2-5,8,10H,6-7,9H2,1H3,(H,28,35)(H,29,34)(H,32,33). The van der Waals surface area contributed by atoms with Crippen LogP contribution in [0.25, 0.3) is 16.6 Å². The number of ether oxygens (including phenoxy) is 3. The Hall–Kier alpha value is -4.79. The number of aromatic amines is 1. The van der Waals surface area contributed by atoms with Crippen LogP contribution < -0.4 is 26.0 Å². The van der Waals surface area contributed by atoms with Crippen molar-refractivity contribution in [3.8, 4) is 17.2 Å². The van der Waals surface area contributed by atoms with Crippen molar-refractivity contribution < 1.29 is 42.1 Å². The highest BCUT2D eigenvalue weighted by molar-refractivity contribution is 7.13. The van der Waals surface area contributed by atoms with Crippen LogP contribution in [0.3, 0.4) is 0 Å². The number of nitrogens with one attached hydrogen (secondary N) is 2. The molecule has 4 rings (SSSR count). The van der Waals surface area contributed by atoms with E-state index in [2.05, 4.69) is 15.0 Å². The minimum absolute atomic E-state index is 0.00531. The van der Waals surface area contributed by atoms with E-state index < -0.39 is 53.1 Å². The Morgan fingerprint density at radius 2 is 1.85 bits per heavy atom. The second-order valence-corrected chi connectivity index (χ2v) is 8.62. The second kappa shape index (κ2) is 11.3. The second-order valence-electron chi connectivity index (χ2n) is 7.74. The number of amides is 1. The van der Waals surface area contributed by atoms with Crippen LogP contribution >= 0.6 is 11.3 Å². The number of rotatable bonds is 9. The number of carboxylic acid groups (broad SMARTS) is 1. The van der Waals surface area contributed by atoms with E-state index in [4.69, 9.17) is 9.47 Å². The van der Waals surface area contributed by atoms with Crippen LogP contribution in [0.4, 0.5) is 18.0 Å². The summed E-state index contributed by atoms with van der Waals surface area (Å²) in [7, 11) is 1.17. The molecule has 0 saturated carbocycles. The van der Waals surface area contributed by atoms with Gasteiger partial charge in [-0.1, -0.05) is 0 Å². The average Bonchev–Trinajstić information content (AvgIpc) is 3.34. The largest absolute Gasteiger partial charge is 0.491 e. The number of hydrogen-bond donors (Lipinski definition) is 3. The Morgan fingerprint density at radius 1 is 1.10 bits per heavy atom. The third-order valence-corrected chi connectivity index (χ3v) is 6.32. The van der Waals surface area contributed by atoms with E-state index in [1.807, 2.05) is 0 Å². The Bertz CT molecular complexity index is 1700. The summed E-state index contributed by atoms with van der Waals surface area (Å²) < 4.78 is 59.0. The lowest BCUT2D eigenvalue weighted by molar-refractivity contribution is 0.0704. The predicted octanol–water partition coefficient (Wildman–Crippen LogP) is 3.17. The van der Waals surface area contributed by atoms with Gasteiger partial charge in [0.1, 0.15) is 35.4 Å². The summed E-state index contributed by atoms with van der Waals surface area (Å²) in [6.07, 6.45) is -0.713. The number of fused-ring (bicyclic) bond motifs is 1. The Labute approximate surface area is 220 Å². The Balaban J connectivity index is 1.63. The molecule has 0 unspecified atom stereocenters. The predicted molar refractivity (Wildman–Crippen MR) is 132 cm³/mol. The van der Waals surface area contributed by atoms with Gasteiger partial charge in [-0.05, 0) is 24.3 Å². The Morgan fingerprint density at radius 3 is 2.56 bits per heavy atom. The molecule has 3 N–H and O–H groups in total. The van der Waals surface area contributed by atoms with Crippen LogP contribution in [0.2, 0.25) is 0 Å². The van der Waals surface area contributed by atoms with Gasteiger partial charge in [0.15, 0.2) is 11.6 Å². The topological polar surface area (TPSA) is 149 Å². The molecule has 0 atom stereocenters. The van der Waals surface area contributed by atoms with E-state index in [1.54, 1.807) is 0 Å². The molecule has 1 amide bonds. The zero-order valence-electron chi connectivity index (χ0n) is 19.9. The minimum atomic E-state index is -1.40. The van der Waals surface area contributed by atoms with Gasteiger partial charge in [-0.25, -0.2) is 32.1 Å². The minimum Gasteiger partial charge on any atom is -0.491 e. The number of carbonyl (C=O) groups excluding carboxylic acids is 1. The van der Waals surface area contributed by atoms with Crippen molar-refractivity contribution in [1.29, 1.82) is 0 Å². The van der Waals surface area contributed by atoms with Gasteiger partial charge in [0, 0.05) is 11.4 Å². The molecule has 4 aromatic rings. The molecule has 39 heavy (non-hydrogen) atoms. The van der Waals surface area contributed by atoms with Gasteiger partial charge in [-0.2, -0.15) is 0 Å². The number of aromatic carboxylic acids is 1. The highest BCUT2D eigenvalue weighted by Gasteiger charge is 2.21. The molecular formula is C24H18F3N3O8S. The number of halogens is 3. The number of methoxy groups -OCH3 is 1. The molecule has 0 saturated heterocycles. The lowest BCUT2D eigenvalue weighted by atomic mass is 10.2. The molecular weight excluding hydrogens is 547 g/mol. The van der Waals surface area contributed by atoms with E-state index >= 15 is 0 Å². The highest BCUT2D eigenvalue weighted by Crippen LogP contribution is 2.27. The zero-order chi connectivity index (χ0) is 28.3. The van der Waals surface area contributed by atoms with Crippen LogP contribution in [0.1, 0.15) is 15.2 Å². The number of nitrogens with zero attached hydrogens (tertiary/aromatic N) is 1. The SMILES string of the molecule is COC(=O)NCCOc1ccc(F)c(F)c1COc1ccc(F)c(-n2c(=O)[nH]c3csc(C(=O)O)c3c2=O)c1. The molecule has 0 radical (unpaired) electrons. The van der Waals surface area contributed by atoms with E-state index in [0.29, 0.717) is 4.57 Å². The molecule has 0 fully saturated rings. The molecule has 2 aromatic carbocycles. The number of aromatic nitrogens is 2. The first kappa shape index (κ1) is 27.3. The smallest absolute Gasteiger partial charge is 0.406 e. The maximum atomic E-state index is 14.8. The number of benzene rings is 2. The third kappa shape index (κ3) is 5.57. The van der Waals surface area contributed by atoms with Crippen molar-refractivity contribution in [1.82, 2.24) is 14.9 Å². The first-order valence-electron chi connectivity index (χ1n) is 11.0. The van der Waals surface area contributed by atoms with Gasteiger partial charge in [-0.15, -0.1) is 11.3 Å². The normalized spacial score (nSPS) is 10.9. The van der Waals surface area contributed by atoms with Crippen LogP contribution in [-0.2, 0) is 11.3 Å². The zero-order valence-corrected chi connectivity index (χ0v) is 20.7. The van der Waals surface area contributed by atoms with Crippen molar-refractivity contribution in [2.24, 2.45) is 0 Å². The van der Waals surface area contributed by atoms with Crippen LogP contribution in [0.5, 0.6) is 11.5 Å². The lowest BCUT2D eigenvalue weighted by Crippen LogP contribution is -2.34. The monoisotopic (exact) mass is 565 g/mol. The molecule has 204 valence electrons. The van der Waals surface area contributed by atoms with E-state index in [-0.39, 0.29) is 46.0 Å². The summed E-state index contributed by atoms with van der Waals surface area (Å²) in [5.41, 5.74) is -3.03. The van der Waals surface area contributed by atoms with Gasteiger partial charge in [0.2, 0.25) is 0 Å². The number of hydrogen-bond acceptors (Lipinski definition) is 8. The van der Waals surface area contributed by atoms with E-state index in [9.17, 15) is 37.5 Å². The summed E-state index contributed by atoms with van der Waals surface area (Å²) in [6, 6.07) is 4.97. The van der Waals surface area contributed by atoms with Crippen molar-refractivity contribution in [2.45, 2.75) is 6.61 Å². The Kier molecular flexibility index (Phi) is 7.90.